The second-order valence-electron chi connectivity index (χ2n) is 16.2. The summed E-state index contributed by atoms with van der Waals surface area (Å²) in [5.41, 5.74) is 4.86. The van der Waals surface area contributed by atoms with E-state index in [1.54, 1.807) is 23.5 Å². The average Bonchev–Trinajstić information content (AvgIpc) is 3.63. The third-order valence-corrected chi connectivity index (χ3v) is 15.1. The predicted octanol–water partition coefficient (Wildman–Crippen LogP) is 10.9. The first-order chi connectivity index (χ1) is 21.4. The van der Waals surface area contributed by atoms with Gasteiger partial charge in [-0.15, -0.1) is 17.9 Å². The first-order valence-corrected chi connectivity index (χ1v) is 18.7. The molecule has 4 aliphatic carbocycles. The molecule has 3 saturated carbocycles. The minimum atomic E-state index is -0.862. The fraction of sp³-hybridized carbons (Fsp3) is 0.650. The van der Waals surface area contributed by atoms with Crippen LogP contribution in [0.25, 0.3) is 5.57 Å². The number of nitrogens with zero attached hydrogens (tertiary/aromatic N) is 1. The molecule has 2 aromatic rings. The van der Waals surface area contributed by atoms with Crippen LogP contribution in [0.4, 0.5) is 5.13 Å². The molecule has 4 nitrogen and oxygen atoms in total. The second-order valence-corrected chi connectivity index (χ2v) is 17.1. The fourth-order valence-corrected chi connectivity index (χ4v) is 11.8. The van der Waals surface area contributed by atoms with Crippen molar-refractivity contribution in [3.05, 3.63) is 65.2 Å². The molecule has 4 aliphatic rings. The molecule has 0 spiro atoms. The minimum absolute atomic E-state index is 0.00101. The Morgan fingerprint density at radius 2 is 1.78 bits per heavy atom. The Morgan fingerprint density at radius 1 is 1.02 bits per heavy atom. The van der Waals surface area contributed by atoms with Crippen LogP contribution in [0.2, 0.25) is 0 Å². The number of carboxylic acids is 1. The third kappa shape index (κ3) is 5.33. The summed E-state index contributed by atoms with van der Waals surface area (Å²) in [6.45, 7) is 19.3. The average molecular weight is 629 g/mol. The number of fused-ring (bicyclic) bond motifs is 5. The minimum Gasteiger partial charge on any atom is -0.478 e. The highest BCUT2D eigenvalue weighted by atomic mass is 32.1. The van der Waals surface area contributed by atoms with Crippen LogP contribution in [0.5, 0.6) is 0 Å². The summed E-state index contributed by atoms with van der Waals surface area (Å²) in [5, 5.41) is 16.9. The number of aryl methyl sites for hydroxylation is 1. The van der Waals surface area contributed by atoms with E-state index in [4.69, 9.17) is 4.98 Å². The Hall–Kier alpha value is -2.40. The van der Waals surface area contributed by atoms with Crippen molar-refractivity contribution in [3.8, 4) is 0 Å². The molecule has 8 unspecified atom stereocenters. The van der Waals surface area contributed by atoms with E-state index in [1.807, 2.05) is 12.1 Å². The molecule has 1 aromatic heterocycles. The molecule has 3 fully saturated rings. The van der Waals surface area contributed by atoms with Gasteiger partial charge in [0, 0.05) is 10.9 Å². The summed E-state index contributed by atoms with van der Waals surface area (Å²) >= 11 is 1.80. The van der Waals surface area contributed by atoms with Crippen LogP contribution >= 0.6 is 11.3 Å². The smallest absolute Gasteiger partial charge is 0.335 e. The number of nitrogens with one attached hydrogen (secondary N) is 1. The number of allylic oxidation sites excluding steroid dienone is 3. The molecule has 45 heavy (non-hydrogen) atoms. The van der Waals surface area contributed by atoms with Crippen LogP contribution < -0.4 is 5.32 Å². The van der Waals surface area contributed by atoms with E-state index in [-0.39, 0.29) is 11.0 Å². The molecule has 1 aromatic carbocycles. The van der Waals surface area contributed by atoms with E-state index in [9.17, 15) is 9.90 Å². The lowest BCUT2D eigenvalue weighted by Crippen LogP contribution is -2.62. The number of rotatable bonds is 6. The maximum absolute atomic E-state index is 11.5. The van der Waals surface area contributed by atoms with Gasteiger partial charge in [0.1, 0.15) is 0 Å². The second kappa shape index (κ2) is 12.0. The molecule has 0 saturated heterocycles. The van der Waals surface area contributed by atoms with E-state index >= 15 is 0 Å². The van der Waals surface area contributed by atoms with Crippen LogP contribution in [0.3, 0.4) is 0 Å². The van der Waals surface area contributed by atoms with Crippen LogP contribution in [0, 0.1) is 45.8 Å². The van der Waals surface area contributed by atoms with Gasteiger partial charge in [0.25, 0.3) is 0 Å². The highest BCUT2D eigenvalue weighted by Gasteiger charge is 2.65. The molecule has 0 aliphatic heterocycles. The number of carbonyl (C=O) groups is 1. The van der Waals surface area contributed by atoms with Gasteiger partial charge < -0.3 is 10.4 Å². The van der Waals surface area contributed by atoms with Gasteiger partial charge >= 0.3 is 5.97 Å². The Morgan fingerprint density at radius 3 is 2.44 bits per heavy atom. The Bertz CT molecular complexity index is 1440. The van der Waals surface area contributed by atoms with Crippen molar-refractivity contribution in [3.63, 3.8) is 0 Å². The molecule has 1 heterocycles. The summed E-state index contributed by atoms with van der Waals surface area (Å²) < 4.78 is 0. The van der Waals surface area contributed by atoms with Gasteiger partial charge in [-0.2, -0.15) is 0 Å². The molecule has 0 amide bonds. The standard InChI is InChI=1S/C40H56N2O2S/c1-8-27-20-22-40(42-36-41-31(9-2)25-45-36)24-23-39(7)33(34(27)40)18-17-30-11-10-12-32(28-13-15-29(16-14-28)35(43)44)37(4,5)26(3)19-21-38(30,39)6/h8,12-16,25-27,30,33-34H,1,9-11,17-24H2,2-7H3,(H,41,42)(H,43,44). The van der Waals surface area contributed by atoms with E-state index in [0.717, 1.165) is 18.0 Å². The summed E-state index contributed by atoms with van der Waals surface area (Å²) in [7, 11) is 0. The van der Waals surface area contributed by atoms with Gasteiger partial charge in [0.15, 0.2) is 5.13 Å². The summed E-state index contributed by atoms with van der Waals surface area (Å²) in [4.78, 5) is 16.5. The monoisotopic (exact) mass is 628 g/mol. The van der Waals surface area contributed by atoms with Crippen LogP contribution in [-0.2, 0) is 6.42 Å². The predicted molar refractivity (Wildman–Crippen MR) is 189 cm³/mol. The number of anilines is 1. The number of hydrogen-bond donors (Lipinski definition) is 2. The van der Waals surface area contributed by atoms with Gasteiger partial charge in [-0.25, -0.2) is 9.78 Å². The summed E-state index contributed by atoms with van der Waals surface area (Å²) in [6, 6.07) is 7.60. The lowest BCUT2D eigenvalue weighted by molar-refractivity contribution is -0.152. The van der Waals surface area contributed by atoms with Crippen molar-refractivity contribution in [2.45, 2.75) is 118 Å². The highest BCUT2D eigenvalue weighted by Crippen LogP contribution is 2.70. The largest absolute Gasteiger partial charge is 0.478 e. The van der Waals surface area contributed by atoms with Crippen molar-refractivity contribution in [1.29, 1.82) is 0 Å². The molecule has 5 heteroatoms. The maximum Gasteiger partial charge on any atom is 0.335 e. The van der Waals surface area contributed by atoms with E-state index in [2.05, 4.69) is 71.0 Å². The number of hydrogen-bond acceptors (Lipinski definition) is 4. The van der Waals surface area contributed by atoms with Crippen molar-refractivity contribution in [2.24, 2.45) is 45.8 Å². The Balaban J connectivity index is 1.31. The lowest BCUT2D eigenvalue weighted by Gasteiger charge is -2.66. The third-order valence-electron chi connectivity index (χ3n) is 14.3. The first kappa shape index (κ1) is 32.5. The summed E-state index contributed by atoms with van der Waals surface area (Å²) in [5.74, 6) is 2.25. The molecule has 8 atom stereocenters. The molecule has 0 bridgehead atoms. The zero-order chi connectivity index (χ0) is 32.2. The Kier molecular flexibility index (Phi) is 8.68. The molecule has 2 N–H and O–H groups in total. The zero-order valence-corrected chi connectivity index (χ0v) is 29.4. The van der Waals surface area contributed by atoms with Crippen molar-refractivity contribution < 1.29 is 9.90 Å². The van der Waals surface area contributed by atoms with E-state index < -0.39 is 5.97 Å². The molecular weight excluding hydrogens is 573 g/mol. The SMILES string of the molecule is C=CC1CCC2(Nc3nc(CC)cs3)CCC3(C)C(CCC4CCC=C(c5ccc(C(=O)O)cc5)C(C)(C)C(C)CCC43C)C12. The summed E-state index contributed by atoms with van der Waals surface area (Å²) in [6.07, 6.45) is 18.3. The Labute approximate surface area is 276 Å². The van der Waals surface area contributed by atoms with Gasteiger partial charge in [-0.3, -0.25) is 0 Å². The fourth-order valence-electron chi connectivity index (χ4n) is 10.9. The number of carboxylic acid groups (broad SMARTS) is 1. The highest BCUT2D eigenvalue weighted by molar-refractivity contribution is 7.13. The molecule has 244 valence electrons. The number of aromatic nitrogens is 1. The number of benzene rings is 1. The topological polar surface area (TPSA) is 62.2 Å². The quantitative estimate of drug-likeness (QED) is 0.312. The van der Waals surface area contributed by atoms with Crippen molar-refractivity contribution >= 4 is 28.0 Å². The van der Waals surface area contributed by atoms with Gasteiger partial charge in [-0.1, -0.05) is 65.8 Å². The van der Waals surface area contributed by atoms with Crippen LogP contribution in [-0.4, -0.2) is 21.6 Å². The van der Waals surface area contributed by atoms with E-state index in [1.165, 1.54) is 74.6 Å². The first-order valence-electron chi connectivity index (χ1n) is 17.8. The van der Waals surface area contributed by atoms with Crippen molar-refractivity contribution in [2.75, 3.05) is 5.32 Å². The van der Waals surface area contributed by atoms with Gasteiger partial charge in [0.05, 0.1) is 11.3 Å². The maximum atomic E-state index is 11.5. The van der Waals surface area contributed by atoms with Crippen LogP contribution in [0.15, 0.2) is 48.4 Å². The number of thiazole rings is 1. The molecule has 6 rings (SSSR count). The van der Waals surface area contributed by atoms with Crippen LogP contribution in [0.1, 0.15) is 127 Å². The van der Waals surface area contributed by atoms with E-state index in [0.29, 0.717) is 46.0 Å². The van der Waals surface area contributed by atoms with Gasteiger partial charge in [-0.05, 0) is 140 Å². The normalized spacial score (nSPS) is 37.8. The van der Waals surface area contributed by atoms with Gasteiger partial charge in [0.2, 0.25) is 0 Å². The lowest BCUT2D eigenvalue weighted by atomic mass is 9.39. The molecular formula is C40H56N2O2S. The zero-order valence-electron chi connectivity index (χ0n) is 28.6. The number of aromatic carboxylic acids is 1. The molecule has 0 radical (unpaired) electrons. The van der Waals surface area contributed by atoms with Crippen molar-refractivity contribution in [1.82, 2.24) is 4.98 Å².